The molecule has 2 unspecified atom stereocenters. The van der Waals surface area contributed by atoms with Crippen LogP contribution in [0.25, 0.3) is 0 Å². The van der Waals surface area contributed by atoms with Crippen LogP contribution >= 0.6 is 12.4 Å². The first-order valence-electron chi connectivity index (χ1n) is 7.18. The Kier molecular flexibility index (Phi) is 9.91. The SMILES string of the molecule is CCCC(NC(C)C(=O)Nc1ccc(OC(F)F)cc1)C(=O)O.Cl. The first-order chi connectivity index (χ1) is 10.8. The van der Waals surface area contributed by atoms with Crippen molar-refractivity contribution in [3.8, 4) is 5.75 Å². The number of halogens is 3. The number of amides is 1. The van der Waals surface area contributed by atoms with Crippen molar-refractivity contribution in [3.63, 3.8) is 0 Å². The van der Waals surface area contributed by atoms with Gasteiger partial charge in [0.15, 0.2) is 0 Å². The standard InChI is InChI=1S/C15H20F2N2O4.ClH/c1-3-4-12(14(21)22)18-9(2)13(20)19-10-5-7-11(8-6-10)23-15(16)17;/h5-9,12,15,18H,3-4H2,1-2H3,(H,19,20)(H,21,22);1H. The number of rotatable bonds is 9. The van der Waals surface area contributed by atoms with E-state index < -0.39 is 30.6 Å². The zero-order valence-electron chi connectivity index (χ0n) is 13.3. The Labute approximate surface area is 145 Å². The zero-order chi connectivity index (χ0) is 17.4. The minimum Gasteiger partial charge on any atom is -0.480 e. The number of carbonyl (C=O) groups excluding carboxylic acids is 1. The number of nitrogens with one attached hydrogen (secondary N) is 2. The average Bonchev–Trinajstić information content (AvgIpc) is 2.48. The van der Waals surface area contributed by atoms with Crippen molar-refractivity contribution in [3.05, 3.63) is 24.3 Å². The number of carbonyl (C=O) groups is 2. The highest BCUT2D eigenvalue weighted by molar-refractivity contribution is 5.95. The van der Waals surface area contributed by atoms with E-state index in [1.807, 2.05) is 6.92 Å². The van der Waals surface area contributed by atoms with Crippen molar-refractivity contribution < 1.29 is 28.2 Å². The number of alkyl halides is 2. The molecule has 1 aromatic carbocycles. The molecule has 6 nitrogen and oxygen atoms in total. The second kappa shape index (κ2) is 10.8. The summed E-state index contributed by atoms with van der Waals surface area (Å²) in [6, 6.07) is 3.92. The maximum atomic E-state index is 12.0. The Morgan fingerprint density at radius 1 is 1.25 bits per heavy atom. The van der Waals surface area contributed by atoms with Gasteiger partial charge < -0.3 is 15.2 Å². The fraction of sp³-hybridized carbons (Fsp3) is 0.467. The first-order valence-corrected chi connectivity index (χ1v) is 7.18. The number of hydrogen-bond acceptors (Lipinski definition) is 4. The van der Waals surface area contributed by atoms with Crippen LogP contribution in [0.1, 0.15) is 26.7 Å². The molecule has 24 heavy (non-hydrogen) atoms. The van der Waals surface area contributed by atoms with E-state index in [1.165, 1.54) is 24.3 Å². The van der Waals surface area contributed by atoms with Gasteiger partial charge in [0, 0.05) is 5.69 Å². The van der Waals surface area contributed by atoms with Gasteiger partial charge in [-0.3, -0.25) is 14.9 Å². The molecule has 0 aliphatic rings. The van der Waals surface area contributed by atoms with Gasteiger partial charge >= 0.3 is 12.6 Å². The van der Waals surface area contributed by atoms with Crippen molar-refractivity contribution in [2.45, 2.75) is 45.4 Å². The summed E-state index contributed by atoms with van der Waals surface area (Å²) in [5.74, 6) is -1.45. The molecule has 3 N–H and O–H groups in total. The summed E-state index contributed by atoms with van der Waals surface area (Å²) in [5.41, 5.74) is 0.396. The van der Waals surface area contributed by atoms with Gasteiger partial charge in [-0.1, -0.05) is 13.3 Å². The van der Waals surface area contributed by atoms with Crippen LogP contribution in [0.5, 0.6) is 5.75 Å². The Morgan fingerprint density at radius 3 is 2.29 bits per heavy atom. The second-order valence-electron chi connectivity index (χ2n) is 4.96. The number of anilines is 1. The molecule has 0 aliphatic carbocycles. The molecule has 136 valence electrons. The van der Waals surface area contributed by atoms with Crippen LogP contribution < -0.4 is 15.4 Å². The molecule has 0 heterocycles. The van der Waals surface area contributed by atoms with Gasteiger partial charge in [-0.2, -0.15) is 8.78 Å². The molecule has 1 amide bonds. The minimum atomic E-state index is -2.91. The largest absolute Gasteiger partial charge is 0.480 e. The van der Waals surface area contributed by atoms with Gasteiger partial charge in [0.25, 0.3) is 0 Å². The quantitative estimate of drug-likeness (QED) is 0.625. The monoisotopic (exact) mass is 366 g/mol. The first kappa shape index (κ1) is 22.1. The molecule has 0 spiro atoms. The molecule has 0 radical (unpaired) electrons. The number of ether oxygens (including phenoxy) is 1. The van der Waals surface area contributed by atoms with E-state index in [2.05, 4.69) is 15.4 Å². The van der Waals surface area contributed by atoms with Gasteiger partial charge in [-0.25, -0.2) is 0 Å². The van der Waals surface area contributed by atoms with E-state index in [0.717, 1.165) is 0 Å². The van der Waals surface area contributed by atoms with E-state index in [9.17, 15) is 18.4 Å². The minimum absolute atomic E-state index is 0. The fourth-order valence-corrected chi connectivity index (χ4v) is 1.91. The summed E-state index contributed by atoms with van der Waals surface area (Å²) in [4.78, 5) is 23.1. The number of benzene rings is 1. The molecule has 1 aromatic rings. The van der Waals surface area contributed by atoms with Crippen molar-refractivity contribution >= 4 is 30.0 Å². The molecular weight excluding hydrogens is 346 g/mol. The Morgan fingerprint density at radius 2 is 1.83 bits per heavy atom. The molecule has 0 saturated carbocycles. The second-order valence-corrected chi connectivity index (χ2v) is 4.96. The fourth-order valence-electron chi connectivity index (χ4n) is 1.91. The summed E-state index contributed by atoms with van der Waals surface area (Å²) in [6.45, 7) is 0.492. The lowest BCUT2D eigenvalue weighted by Crippen LogP contribution is -2.47. The lowest BCUT2D eigenvalue weighted by atomic mass is 10.1. The molecule has 0 aromatic heterocycles. The lowest BCUT2D eigenvalue weighted by molar-refractivity contribution is -0.140. The van der Waals surface area contributed by atoms with Crippen molar-refractivity contribution in [2.75, 3.05) is 5.32 Å². The maximum absolute atomic E-state index is 12.0. The van der Waals surface area contributed by atoms with Crippen molar-refractivity contribution in [2.24, 2.45) is 0 Å². The summed E-state index contributed by atoms with van der Waals surface area (Å²) < 4.78 is 28.3. The molecule has 9 heteroatoms. The third-order valence-electron chi connectivity index (χ3n) is 3.07. The molecule has 0 aliphatic heterocycles. The zero-order valence-corrected chi connectivity index (χ0v) is 14.1. The van der Waals surface area contributed by atoms with Crippen molar-refractivity contribution in [1.29, 1.82) is 0 Å². The third kappa shape index (κ3) is 7.56. The van der Waals surface area contributed by atoms with Crippen LogP contribution in [0.2, 0.25) is 0 Å². The van der Waals surface area contributed by atoms with Crippen LogP contribution in [-0.4, -0.2) is 35.7 Å². The van der Waals surface area contributed by atoms with Gasteiger partial charge in [0.1, 0.15) is 11.8 Å². The highest BCUT2D eigenvalue weighted by Crippen LogP contribution is 2.17. The molecule has 0 bridgehead atoms. The summed E-state index contributed by atoms with van der Waals surface area (Å²) in [5, 5.41) is 14.4. The van der Waals surface area contributed by atoms with Crippen LogP contribution in [0.15, 0.2) is 24.3 Å². The Balaban J connectivity index is 0.00000529. The highest BCUT2D eigenvalue weighted by atomic mass is 35.5. The van der Waals surface area contributed by atoms with Gasteiger partial charge in [-0.05, 0) is 37.6 Å². The van der Waals surface area contributed by atoms with Gasteiger partial charge in [0.05, 0.1) is 6.04 Å². The number of carboxylic acids is 1. The number of hydrogen-bond donors (Lipinski definition) is 3. The van der Waals surface area contributed by atoms with Crippen LogP contribution in [0.4, 0.5) is 14.5 Å². The third-order valence-corrected chi connectivity index (χ3v) is 3.07. The van der Waals surface area contributed by atoms with E-state index in [0.29, 0.717) is 18.5 Å². The van der Waals surface area contributed by atoms with Gasteiger partial charge in [-0.15, -0.1) is 12.4 Å². The van der Waals surface area contributed by atoms with E-state index in [-0.39, 0.29) is 18.2 Å². The maximum Gasteiger partial charge on any atom is 0.387 e. The summed E-state index contributed by atoms with van der Waals surface area (Å²) >= 11 is 0. The highest BCUT2D eigenvalue weighted by Gasteiger charge is 2.22. The number of aliphatic carboxylic acids is 1. The van der Waals surface area contributed by atoms with Crippen molar-refractivity contribution in [1.82, 2.24) is 5.32 Å². The normalized spacial score (nSPS) is 12.9. The van der Waals surface area contributed by atoms with Crippen LogP contribution in [0.3, 0.4) is 0 Å². The van der Waals surface area contributed by atoms with E-state index >= 15 is 0 Å². The Bertz CT molecular complexity index is 529. The Hall–Kier alpha value is -1.93. The summed E-state index contributed by atoms with van der Waals surface area (Å²) in [6.07, 6.45) is 1.08. The summed E-state index contributed by atoms with van der Waals surface area (Å²) in [7, 11) is 0. The number of carboxylic acid groups (broad SMARTS) is 1. The van der Waals surface area contributed by atoms with Crippen LogP contribution in [-0.2, 0) is 9.59 Å². The molecule has 2 atom stereocenters. The van der Waals surface area contributed by atoms with E-state index in [4.69, 9.17) is 5.11 Å². The molecule has 0 fully saturated rings. The predicted molar refractivity (Wildman–Crippen MR) is 87.9 cm³/mol. The smallest absolute Gasteiger partial charge is 0.387 e. The molecule has 1 rings (SSSR count). The van der Waals surface area contributed by atoms with Gasteiger partial charge in [0.2, 0.25) is 5.91 Å². The lowest BCUT2D eigenvalue weighted by Gasteiger charge is -2.19. The molecule has 0 saturated heterocycles. The predicted octanol–water partition coefficient (Wildman–Crippen LogP) is 2.88. The molecular formula is C15H21ClF2N2O4. The van der Waals surface area contributed by atoms with Crippen LogP contribution in [0, 0.1) is 0 Å². The average molecular weight is 367 g/mol. The van der Waals surface area contributed by atoms with E-state index in [1.54, 1.807) is 6.92 Å². The topological polar surface area (TPSA) is 87.7 Å².